The fourth-order valence-electron chi connectivity index (χ4n) is 3.27. The van der Waals surface area contributed by atoms with Gasteiger partial charge in [-0.25, -0.2) is 21.8 Å². The maximum atomic E-state index is 13.5. The van der Waals surface area contributed by atoms with E-state index in [-0.39, 0.29) is 13.5 Å². The molecule has 7 nitrogen and oxygen atoms in total. The first kappa shape index (κ1) is 26.7. The standard InChI is InChI=1S/C21H13F6N3O4S3/c22-20(23,24)12-1-6-15(7-2-12)36(31,32)30(14-5-10-17-18(11-14)35-19(28)29-17)37(33,34)16-8-3-13(4-9-16)21(25,26)27/h1-11H,(H2,28,29). The van der Waals surface area contributed by atoms with E-state index in [1.54, 1.807) is 0 Å². The zero-order chi connectivity index (χ0) is 27.4. The molecule has 0 saturated carbocycles. The van der Waals surface area contributed by atoms with E-state index in [4.69, 9.17) is 5.73 Å². The van der Waals surface area contributed by atoms with Gasteiger partial charge in [-0.15, -0.1) is 0 Å². The number of hydrogen-bond acceptors (Lipinski definition) is 7. The van der Waals surface area contributed by atoms with E-state index in [9.17, 15) is 43.2 Å². The van der Waals surface area contributed by atoms with Gasteiger partial charge < -0.3 is 5.73 Å². The molecule has 16 heteroatoms. The molecule has 4 aromatic rings. The summed E-state index contributed by atoms with van der Waals surface area (Å²) >= 11 is 0.906. The van der Waals surface area contributed by atoms with Gasteiger partial charge in [0.15, 0.2) is 5.13 Å². The van der Waals surface area contributed by atoms with Gasteiger partial charge in [-0.1, -0.05) is 11.3 Å². The van der Waals surface area contributed by atoms with Gasteiger partial charge in [-0.2, -0.15) is 30.1 Å². The van der Waals surface area contributed by atoms with Gasteiger partial charge in [-0.05, 0) is 66.7 Å². The number of thiazole rings is 1. The van der Waals surface area contributed by atoms with Gasteiger partial charge in [-0.3, -0.25) is 0 Å². The number of nitrogens with zero attached hydrogens (tertiary/aromatic N) is 2. The molecule has 0 saturated heterocycles. The Hall–Kier alpha value is -3.37. The summed E-state index contributed by atoms with van der Waals surface area (Å²) in [6, 6.07) is 7.64. The number of anilines is 2. The van der Waals surface area contributed by atoms with E-state index in [1.807, 2.05) is 0 Å². The highest BCUT2D eigenvalue weighted by Crippen LogP contribution is 2.37. The van der Waals surface area contributed by atoms with Crippen LogP contribution in [0.3, 0.4) is 0 Å². The maximum absolute atomic E-state index is 13.5. The summed E-state index contributed by atoms with van der Waals surface area (Å²) in [5.41, 5.74) is 3.14. The predicted octanol–water partition coefficient (Wildman–Crippen LogP) is 5.50. The van der Waals surface area contributed by atoms with Crippen LogP contribution >= 0.6 is 11.3 Å². The smallest absolute Gasteiger partial charge is 0.375 e. The first-order valence-electron chi connectivity index (χ1n) is 9.82. The second kappa shape index (κ2) is 8.88. The first-order valence-corrected chi connectivity index (χ1v) is 13.5. The van der Waals surface area contributed by atoms with Gasteiger partial charge in [0, 0.05) is 0 Å². The summed E-state index contributed by atoms with van der Waals surface area (Å²) in [5, 5.41) is 0.0925. The SMILES string of the molecule is Nc1nc2ccc(N(S(=O)(=O)c3ccc(C(F)(F)F)cc3)S(=O)(=O)c3ccc(C(F)(F)F)cc3)cc2s1. The molecule has 0 aliphatic carbocycles. The third-order valence-corrected chi connectivity index (χ3v) is 10.1. The Bertz CT molecular complexity index is 1590. The monoisotopic (exact) mass is 581 g/mol. The van der Waals surface area contributed by atoms with E-state index >= 15 is 0 Å². The Morgan fingerprint density at radius 3 is 1.54 bits per heavy atom. The van der Waals surface area contributed by atoms with Crippen molar-refractivity contribution in [1.29, 1.82) is 0 Å². The zero-order valence-corrected chi connectivity index (χ0v) is 20.4. The summed E-state index contributed by atoms with van der Waals surface area (Å²) in [4.78, 5) is 2.37. The number of rotatable bonds is 5. The molecule has 1 heterocycles. The second-order valence-corrected chi connectivity index (χ2v) is 12.3. The third-order valence-electron chi connectivity index (χ3n) is 4.99. The lowest BCUT2D eigenvalue weighted by Crippen LogP contribution is -2.37. The van der Waals surface area contributed by atoms with Gasteiger partial charge in [0.1, 0.15) is 0 Å². The van der Waals surface area contributed by atoms with Crippen molar-refractivity contribution in [2.45, 2.75) is 22.1 Å². The molecule has 0 spiro atoms. The van der Waals surface area contributed by atoms with Crippen molar-refractivity contribution in [2.75, 3.05) is 9.44 Å². The van der Waals surface area contributed by atoms with Gasteiger partial charge in [0.05, 0.1) is 36.8 Å². The molecule has 37 heavy (non-hydrogen) atoms. The molecule has 0 aliphatic heterocycles. The topological polar surface area (TPSA) is 110 Å². The summed E-state index contributed by atoms with van der Waals surface area (Å²) in [7, 11) is -10.2. The lowest BCUT2D eigenvalue weighted by Gasteiger charge is -2.24. The van der Waals surface area contributed by atoms with Crippen LogP contribution in [0.2, 0.25) is 0 Å². The van der Waals surface area contributed by atoms with Crippen LogP contribution in [0.5, 0.6) is 0 Å². The molecule has 3 aromatic carbocycles. The van der Waals surface area contributed by atoms with Gasteiger partial charge in [0.25, 0.3) is 20.0 Å². The molecular weight excluding hydrogens is 568 g/mol. The minimum Gasteiger partial charge on any atom is -0.375 e. The Labute approximate surface area is 209 Å². The molecule has 0 radical (unpaired) electrons. The van der Waals surface area contributed by atoms with E-state index in [0.717, 1.165) is 23.5 Å². The number of nitrogens with two attached hydrogens (primary N) is 1. The van der Waals surface area contributed by atoms with E-state index < -0.39 is 59.0 Å². The average molecular weight is 582 g/mol. The molecule has 0 unspecified atom stereocenters. The maximum Gasteiger partial charge on any atom is 0.416 e. The predicted molar refractivity (Wildman–Crippen MR) is 124 cm³/mol. The van der Waals surface area contributed by atoms with Crippen LogP contribution in [-0.2, 0) is 32.4 Å². The number of fused-ring (bicyclic) bond motifs is 1. The highest BCUT2D eigenvalue weighted by Gasteiger charge is 2.39. The average Bonchev–Trinajstić information content (AvgIpc) is 3.17. The molecular formula is C21H13F6N3O4S3. The molecule has 0 bridgehead atoms. The highest BCUT2D eigenvalue weighted by atomic mass is 32.3. The number of hydrogen-bond donors (Lipinski definition) is 1. The van der Waals surface area contributed by atoms with Crippen LogP contribution in [0.1, 0.15) is 11.1 Å². The van der Waals surface area contributed by atoms with Crippen molar-refractivity contribution < 1.29 is 43.2 Å². The normalized spacial score (nSPS) is 13.1. The molecule has 0 fully saturated rings. The van der Waals surface area contributed by atoms with Crippen LogP contribution in [0.15, 0.2) is 76.5 Å². The van der Waals surface area contributed by atoms with Crippen molar-refractivity contribution in [3.05, 3.63) is 77.9 Å². The lowest BCUT2D eigenvalue weighted by molar-refractivity contribution is -0.138. The first-order chi connectivity index (χ1) is 17.0. The summed E-state index contributed by atoms with van der Waals surface area (Å²) in [5.74, 6) is 0. The van der Waals surface area contributed by atoms with Crippen LogP contribution in [0.25, 0.3) is 10.2 Å². The summed E-state index contributed by atoms with van der Waals surface area (Å²) in [6.45, 7) is 0. The largest absolute Gasteiger partial charge is 0.416 e. The molecule has 2 N–H and O–H groups in total. The van der Waals surface area contributed by atoms with Crippen molar-refractivity contribution in [3.8, 4) is 0 Å². The van der Waals surface area contributed by atoms with Crippen molar-refractivity contribution in [3.63, 3.8) is 0 Å². The number of nitrogen functional groups attached to an aromatic ring is 1. The van der Waals surface area contributed by atoms with Crippen molar-refractivity contribution in [1.82, 2.24) is 4.98 Å². The molecule has 0 amide bonds. The fraction of sp³-hybridized carbons (Fsp3) is 0.0952. The number of halogens is 6. The van der Waals surface area contributed by atoms with Crippen LogP contribution in [-0.4, -0.2) is 21.8 Å². The second-order valence-electron chi connectivity index (χ2n) is 7.46. The van der Waals surface area contributed by atoms with Crippen LogP contribution < -0.4 is 9.44 Å². The van der Waals surface area contributed by atoms with Gasteiger partial charge >= 0.3 is 12.4 Å². The van der Waals surface area contributed by atoms with Crippen molar-refractivity contribution >= 4 is 52.4 Å². The minimum absolute atomic E-state index is 0.0550. The molecule has 1 aromatic heterocycles. The summed E-state index contributed by atoms with van der Waals surface area (Å²) < 4.78 is 132. The van der Waals surface area contributed by atoms with Gasteiger partial charge in [0.2, 0.25) is 0 Å². The fourth-order valence-corrected chi connectivity index (χ4v) is 7.72. The molecule has 196 valence electrons. The number of benzene rings is 3. The van der Waals surface area contributed by atoms with E-state index in [2.05, 4.69) is 4.98 Å². The van der Waals surface area contributed by atoms with E-state index in [0.29, 0.717) is 54.0 Å². The van der Waals surface area contributed by atoms with Crippen LogP contribution in [0, 0.1) is 0 Å². The Kier molecular flexibility index (Phi) is 6.41. The van der Waals surface area contributed by atoms with E-state index in [1.165, 1.54) is 6.07 Å². The molecule has 4 rings (SSSR count). The third kappa shape index (κ3) is 5.08. The number of sulfonamides is 2. The Morgan fingerprint density at radius 1 is 0.703 bits per heavy atom. The number of alkyl halides is 6. The summed E-state index contributed by atoms with van der Waals surface area (Å²) in [6.07, 6.45) is -9.57. The quantitative estimate of drug-likeness (QED) is 0.312. The molecule has 0 atom stereocenters. The highest BCUT2D eigenvalue weighted by molar-refractivity contribution is 8.10. The zero-order valence-electron chi connectivity index (χ0n) is 17.9. The lowest BCUT2D eigenvalue weighted by atomic mass is 10.2. The Morgan fingerprint density at radius 2 is 1.14 bits per heavy atom. The number of aromatic nitrogens is 1. The molecule has 0 aliphatic rings. The minimum atomic E-state index is -5.11. The van der Waals surface area contributed by atoms with Crippen molar-refractivity contribution in [2.24, 2.45) is 0 Å². The Balaban J connectivity index is 1.91. The van der Waals surface area contributed by atoms with Crippen LogP contribution in [0.4, 0.5) is 37.2 Å².